The molecule has 2 N–H and O–H groups in total. The normalized spacial score (nSPS) is 39.6. The van der Waals surface area contributed by atoms with Gasteiger partial charge in [-0.1, -0.05) is 19.1 Å². The first-order chi connectivity index (χ1) is 8.57. The minimum absolute atomic E-state index is 0.343. The number of phenols is 1. The number of aromatic hydroxyl groups is 1. The van der Waals surface area contributed by atoms with Crippen LogP contribution in [-0.4, -0.2) is 17.2 Å². The van der Waals surface area contributed by atoms with Crippen molar-refractivity contribution >= 4 is 0 Å². The smallest absolute Gasteiger partial charge is 0.115 e. The van der Waals surface area contributed by atoms with Gasteiger partial charge >= 0.3 is 0 Å². The molecule has 3 rings (SSSR count). The Morgan fingerprint density at radius 1 is 1.33 bits per heavy atom. The Kier molecular flexibility index (Phi) is 2.86. The summed E-state index contributed by atoms with van der Waals surface area (Å²) in [5.41, 5.74) is 1.67. The van der Waals surface area contributed by atoms with Gasteiger partial charge in [-0.3, -0.25) is 0 Å². The van der Waals surface area contributed by atoms with E-state index in [1.54, 1.807) is 6.07 Å². The molecule has 4 unspecified atom stereocenters. The maximum absolute atomic E-state index is 9.69. The highest BCUT2D eigenvalue weighted by Gasteiger charge is 2.44. The molecule has 1 aromatic carbocycles. The predicted octanol–water partition coefficient (Wildman–Crippen LogP) is 3.27. The van der Waals surface area contributed by atoms with Gasteiger partial charge < -0.3 is 10.4 Å². The van der Waals surface area contributed by atoms with E-state index in [1.807, 2.05) is 12.1 Å². The zero-order valence-corrected chi connectivity index (χ0v) is 11.3. The van der Waals surface area contributed by atoms with E-state index in [1.165, 1.54) is 24.8 Å². The molecule has 18 heavy (non-hydrogen) atoms. The summed E-state index contributed by atoms with van der Waals surface area (Å²) in [4.78, 5) is 0. The van der Waals surface area contributed by atoms with Crippen LogP contribution in [0.4, 0.5) is 0 Å². The third-order valence-corrected chi connectivity index (χ3v) is 4.93. The van der Waals surface area contributed by atoms with E-state index in [2.05, 4.69) is 25.2 Å². The molecule has 1 heterocycles. The van der Waals surface area contributed by atoms with Gasteiger partial charge in [-0.25, -0.2) is 0 Å². The third kappa shape index (κ3) is 2.03. The van der Waals surface area contributed by atoms with E-state index < -0.39 is 0 Å². The summed E-state index contributed by atoms with van der Waals surface area (Å²) in [7, 11) is 0. The molecule has 2 bridgehead atoms. The van der Waals surface area contributed by atoms with Crippen LogP contribution in [0.15, 0.2) is 24.3 Å². The van der Waals surface area contributed by atoms with Gasteiger partial charge in [0.25, 0.3) is 0 Å². The van der Waals surface area contributed by atoms with Gasteiger partial charge in [0.1, 0.15) is 5.75 Å². The van der Waals surface area contributed by atoms with Crippen LogP contribution in [-0.2, 0) is 0 Å². The molecule has 0 spiro atoms. The lowest BCUT2D eigenvalue weighted by atomic mass is 9.61. The summed E-state index contributed by atoms with van der Waals surface area (Å²) in [5.74, 6) is 2.47. The SMILES string of the molecule is CC1CC2(C)CC(CCN2)C1c1cccc(O)c1. The number of rotatable bonds is 1. The number of phenolic OH excluding ortho intramolecular Hbond substituents is 1. The quantitative estimate of drug-likeness (QED) is 0.796. The number of fused-ring (bicyclic) bond motifs is 2. The molecular formula is C16H23NO. The van der Waals surface area contributed by atoms with Crippen molar-refractivity contribution in [3.8, 4) is 5.75 Å². The second-order valence-corrected chi connectivity index (χ2v) is 6.54. The van der Waals surface area contributed by atoms with E-state index in [9.17, 15) is 5.11 Å². The standard InChI is InChI=1S/C16H23NO/c1-11-9-16(2)10-13(6-7-17-16)15(11)12-4-3-5-14(18)8-12/h3-5,8,11,13,15,17-18H,6-7,9-10H2,1-2H3. The van der Waals surface area contributed by atoms with Crippen molar-refractivity contribution in [3.63, 3.8) is 0 Å². The van der Waals surface area contributed by atoms with Crippen molar-refractivity contribution < 1.29 is 5.11 Å². The van der Waals surface area contributed by atoms with Crippen LogP contribution < -0.4 is 5.32 Å². The van der Waals surface area contributed by atoms with Crippen LogP contribution in [0, 0.1) is 11.8 Å². The van der Waals surface area contributed by atoms with Gasteiger partial charge in [0.05, 0.1) is 0 Å². The fourth-order valence-electron chi connectivity index (χ4n) is 4.41. The van der Waals surface area contributed by atoms with Crippen LogP contribution in [0.5, 0.6) is 5.75 Å². The lowest BCUT2D eigenvalue weighted by molar-refractivity contribution is 0.0830. The minimum Gasteiger partial charge on any atom is -0.508 e. The maximum Gasteiger partial charge on any atom is 0.115 e. The van der Waals surface area contributed by atoms with Gasteiger partial charge in [0.2, 0.25) is 0 Å². The molecule has 1 aliphatic heterocycles. The fraction of sp³-hybridized carbons (Fsp3) is 0.625. The largest absolute Gasteiger partial charge is 0.508 e. The molecule has 1 saturated heterocycles. The van der Waals surface area contributed by atoms with Crippen LogP contribution in [0.2, 0.25) is 0 Å². The van der Waals surface area contributed by atoms with Gasteiger partial charge in [0.15, 0.2) is 0 Å². The van der Waals surface area contributed by atoms with Gasteiger partial charge in [-0.15, -0.1) is 0 Å². The van der Waals surface area contributed by atoms with Crippen molar-refractivity contribution in [1.82, 2.24) is 5.32 Å². The molecule has 1 saturated carbocycles. The summed E-state index contributed by atoms with van der Waals surface area (Å²) in [6.07, 6.45) is 3.78. The topological polar surface area (TPSA) is 32.3 Å². The molecular weight excluding hydrogens is 222 g/mol. The molecule has 0 radical (unpaired) electrons. The second kappa shape index (κ2) is 4.27. The molecule has 2 aliphatic rings. The molecule has 4 atom stereocenters. The molecule has 1 aromatic rings. The number of piperidine rings is 1. The average molecular weight is 245 g/mol. The fourth-order valence-corrected chi connectivity index (χ4v) is 4.41. The summed E-state index contributed by atoms with van der Waals surface area (Å²) < 4.78 is 0. The predicted molar refractivity (Wildman–Crippen MR) is 73.8 cm³/mol. The Balaban J connectivity index is 1.92. The molecule has 0 aromatic heterocycles. The lowest BCUT2D eigenvalue weighted by Crippen LogP contribution is -2.55. The molecule has 98 valence electrons. The van der Waals surface area contributed by atoms with Crippen molar-refractivity contribution in [2.24, 2.45) is 11.8 Å². The average Bonchev–Trinajstić information content (AvgIpc) is 2.27. The first kappa shape index (κ1) is 12.0. The maximum atomic E-state index is 9.69. The molecule has 2 nitrogen and oxygen atoms in total. The van der Waals surface area contributed by atoms with E-state index in [0.29, 0.717) is 23.1 Å². The zero-order valence-electron chi connectivity index (χ0n) is 11.3. The Morgan fingerprint density at radius 2 is 2.17 bits per heavy atom. The number of benzene rings is 1. The third-order valence-electron chi connectivity index (χ3n) is 4.93. The van der Waals surface area contributed by atoms with Crippen molar-refractivity contribution in [2.75, 3.05) is 6.54 Å². The van der Waals surface area contributed by atoms with Crippen molar-refractivity contribution in [3.05, 3.63) is 29.8 Å². The first-order valence-corrected chi connectivity index (χ1v) is 7.11. The summed E-state index contributed by atoms with van der Waals surface area (Å²) >= 11 is 0. The Bertz CT molecular complexity index is 440. The zero-order chi connectivity index (χ0) is 12.8. The highest BCUT2D eigenvalue weighted by molar-refractivity contribution is 5.31. The number of hydrogen-bond acceptors (Lipinski definition) is 2. The second-order valence-electron chi connectivity index (χ2n) is 6.54. The Morgan fingerprint density at radius 3 is 2.94 bits per heavy atom. The first-order valence-electron chi connectivity index (χ1n) is 7.11. The van der Waals surface area contributed by atoms with E-state index in [4.69, 9.17) is 0 Å². The lowest BCUT2D eigenvalue weighted by Gasteiger charge is -2.51. The van der Waals surface area contributed by atoms with Crippen LogP contribution in [0.3, 0.4) is 0 Å². The summed E-state index contributed by atoms with van der Waals surface area (Å²) in [5, 5.41) is 13.4. The van der Waals surface area contributed by atoms with Crippen LogP contribution >= 0.6 is 0 Å². The minimum atomic E-state index is 0.343. The number of nitrogens with one attached hydrogen (secondary N) is 1. The van der Waals surface area contributed by atoms with Crippen molar-refractivity contribution in [2.45, 2.75) is 44.6 Å². The molecule has 0 amide bonds. The van der Waals surface area contributed by atoms with E-state index in [-0.39, 0.29) is 0 Å². The molecule has 1 aliphatic carbocycles. The van der Waals surface area contributed by atoms with Crippen LogP contribution in [0.1, 0.15) is 44.6 Å². The summed E-state index contributed by atoms with van der Waals surface area (Å²) in [6.45, 7) is 5.88. The highest BCUT2D eigenvalue weighted by Crippen LogP contribution is 2.49. The van der Waals surface area contributed by atoms with Gasteiger partial charge in [0, 0.05) is 5.54 Å². The number of hydrogen-bond donors (Lipinski definition) is 2. The Labute approximate surface area is 109 Å². The summed E-state index contributed by atoms with van der Waals surface area (Å²) in [6, 6.07) is 7.90. The van der Waals surface area contributed by atoms with Crippen LogP contribution in [0.25, 0.3) is 0 Å². The van der Waals surface area contributed by atoms with Gasteiger partial charge in [-0.2, -0.15) is 0 Å². The van der Waals surface area contributed by atoms with Crippen molar-refractivity contribution in [1.29, 1.82) is 0 Å². The Hall–Kier alpha value is -1.02. The highest BCUT2D eigenvalue weighted by atomic mass is 16.3. The monoisotopic (exact) mass is 245 g/mol. The van der Waals surface area contributed by atoms with E-state index >= 15 is 0 Å². The van der Waals surface area contributed by atoms with Gasteiger partial charge in [-0.05, 0) is 68.2 Å². The molecule has 2 heteroatoms. The van der Waals surface area contributed by atoms with E-state index in [0.717, 1.165) is 12.5 Å². The molecule has 2 fully saturated rings.